The van der Waals surface area contributed by atoms with Crippen molar-refractivity contribution in [1.82, 2.24) is 27.4 Å². The molecule has 6 heteroatoms. The first-order valence-electron chi connectivity index (χ1n) is 29.2. The molecule has 0 fully saturated rings. The fraction of sp³-hybridized carbons (Fsp3) is 0.0256. The van der Waals surface area contributed by atoms with Crippen molar-refractivity contribution in [3.63, 3.8) is 0 Å². The molecule has 0 amide bonds. The van der Waals surface area contributed by atoms with Gasteiger partial charge in [-0.1, -0.05) is 182 Å². The van der Waals surface area contributed by atoms with Crippen LogP contribution in [0.5, 0.6) is 0 Å². The van der Waals surface area contributed by atoms with Crippen LogP contribution in [0.1, 0.15) is 12.5 Å². The lowest BCUT2D eigenvalue weighted by atomic mass is 10.0. The molecule has 19 rings (SSSR count). The maximum Gasteiger partial charge on any atom is 0.0641 e. The highest BCUT2D eigenvalue weighted by molar-refractivity contribution is 6.28. The summed E-state index contributed by atoms with van der Waals surface area (Å²) < 4.78 is 15.2. The number of allylic oxidation sites excluding steroid dienone is 4. The maximum absolute atomic E-state index is 2.66. The van der Waals surface area contributed by atoms with E-state index in [0.29, 0.717) is 0 Å². The van der Waals surface area contributed by atoms with Crippen LogP contribution in [0.2, 0.25) is 0 Å². The van der Waals surface area contributed by atoms with Crippen LogP contribution in [-0.4, -0.2) is 27.4 Å². The van der Waals surface area contributed by atoms with Crippen molar-refractivity contribution >= 4 is 142 Å². The second kappa shape index (κ2) is 17.2. The van der Waals surface area contributed by atoms with Crippen molar-refractivity contribution in [3.05, 3.63) is 285 Å². The minimum Gasteiger partial charge on any atom is -0.333 e. The smallest absolute Gasteiger partial charge is 0.0641 e. The van der Waals surface area contributed by atoms with Crippen molar-refractivity contribution in [3.8, 4) is 17.1 Å². The van der Waals surface area contributed by atoms with Crippen molar-refractivity contribution in [1.29, 1.82) is 0 Å². The molecule has 6 nitrogen and oxygen atoms in total. The van der Waals surface area contributed by atoms with Crippen LogP contribution in [0.3, 0.4) is 0 Å². The molecule has 0 saturated heterocycles. The van der Waals surface area contributed by atoms with Gasteiger partial charge in [-0.2, -0.15) is 0 Å². The average molecular weight is 1070 g/mol. The summed E-state index contributed by atoms with van der Waals surface area (Å²) in [5.74, 6) is 0. The van der Waals surface area contributed by atoms with Gasteiger partial charge in [-0.05, 0) is 103 Å². The predicted octanol–water partition coefficient (Wildman–Crippen LogP) is 20.3. The highest BCUT2D eigenvalue weighted by Crippen LogP contribution is 2.48. The molecule has 0 saturated carbocycles. The van der Waals surface area contributed by atoms with Gasteiger partial charge in [0, 0.05) is 105 Å². The number of para-hydroxylation sites is 9. The number of benzene rings is 12. The van der Waals surface area contributed by atoms with Crippen LogP contribution < -0.4 is 0 Å². The summed E-state index contributed by atoms with van der Waals surface area (Å²) >= 11 is 0. The second-order valence-electron chi connectivity index (χ2n) is 22.8. The Kier molecular flexibility index (Phi) is 9.36. The van der Waals surface area contributed by atoms with Crippen molar-refractivity contribution < 1.29 is 0 Å². The van der Waals surface area contributed by atoms with E-state index in [4.69, 9.17) is 0 Å². The average Bonchev–Trinajstić information content (AvgIpc) is 1.96. The van der Waals surface area contributed by atoms with Crippen LogP contribution >= 0.6 is 0 Å². The normalized spacial score (nSPS) is 14.2. The molecule has 0 aliphatic heterocycles. The Balaban J connectivity index is 0.861. The van der Waals surface area contributed by atoms with E-state index >= 15 is 0 Å². The topological polar surface area (TPSA) is 29.6 Å². The zero-order valence-corrected chi connectivity index (χ0v) is 45.6. The summed E-state index contributed by atoms with van der Waals surface area (Å²) in [6, 6.07) is 101. The van der Waals surface area contributed by atoms with Crippen LogP contribution in [-0.2, 0) is 0 Å². The first-order valence-corrected chi connectivity index (χ1v) is 29.2. The minimum absolute atomic E-state index is 0.0665. The minimum atomic E-state index is -0.0665. The van der Waals surface area contributed by atoms with Gasteiger partial charge in [0.1, 0.15) is 0 Å². The lowest BCUT2D eigenvalue weighted by Crippen LogP contribution is -2.15. The number of hydrogen-bond donors (Lipinski definition) is 0. The Hall–Kier alpha value is -11.1. The van der Waals surface area contributed by atoms with Crippen LogP contribution in [0.25, 0.3) is 159 Å². The van der Waals surface area contributed by atoms with Gasteiger partial charge in [-0.15, -0.1) is 0 Å². The molecule has 392 valence electrons. The number of nitrogens with zero attached hydrogens (tertiary/aromatic N) is 6. The lowest BCUT2D eigenvalue weighted by molar-refractivity contribution is 0.645. The number of aromatic nitrogens is 6. The molecular formula is C78H50N6. The second-order valence-corrected chi connectivity index (χ2v) is 22.8. The molecule has 1 unspecified atom stereocenters. The van der Waals surface area contributed by atoms with Crippen molar-refractivity contribution in [2.45, 2.75) is 12.5 Å². The highest BCUT2D eigenvalue weighted by Gasteiger charge is 2.29. The van der Waals surface area contributed by atoms with E-state index in [-0.39, 0.29) is 6.04 Å². The predicted molar refractivity (Wildman–Crippen MR) is 354 cm³/mol. The molecule has 84 heavy (non-hydrogen) atoms. The van der Waals surface area contributed by atoms with Crippen molar-refractivity contribution in [2.24, 2.45) is 0 Å². The number of hydrogen-bond acceptors (Lipinski definition) is 0. The Bertz CT molecular complexity index is 5800. The van der Waals surface area contributed by atoms with Gasteiger partial charge < -0.3 is 27.4 Å². The molecule has 0 spiro atoms. The molecule has 0 N–H and O–H groups in total. The van der Waals surface area contributed by atoms with Crippen LogP contribution in [0.15, 0.2) is 285 Å². The molecule has 6 heterocycles. The molecule has 12 aromatic carbocycles. The molecule has 1 atom stereocenters. The lowest BCUT2D eigenvalue weighted by Gasteiger charge is -2.27. The molecule has 6 aromatic heterocycles. The summed E-state index contributed by atoms with van der Waals surface area (Å²) in [6.45, 7) is 0. The third-order valence-electron chi connectivity index (χ3n) is 18.5. The van der Waals surface area contributed by atoms with Gasteiger partial charge in [0.05, 0.1) is 66.7 Å². The molecular weight excluding hydrogens is 1020 g/mol. The number of fused-ring (bicyclic) bond motifs is 20. The quantitative estimate of drug-likeness (QED) is 0.159. The monoisotopic (exact) mass is 1070 g/mol. The third-order valence-corrected chi connectivity index (χ3v) is 18.5. The van der Waals surface area contributed by atoms with Gasteiger partial charge in [-0.25, -0.2) is 0 Å². The zero-order chi connectivity index (χ0) is 54.7. The molecule has 1 aliphatic rings. The van der Waals surface area contributed by atoms with E-state index in [9.17, 15) is 0 Å². The molecule has 1 aliphatic carbocycles. The van der Waals surface area contributed by atoms with E-state index in [1.807, 2.05) is 0 Å². The van der Waals surface area contributed by atoms with Gasteiger partial charge >= 0.3 is 0 Å². The summed E-state index contributed by atoms with van der Waals surface area (Å²) in [4.78, 5) is 0. The zero-order valence-electron chi connectivity index (χ0n) is 45.6. The van der Waals surface area contributed by atoms with E-state index in [1.165, 1.54) is 137 Å². The maximum atomic E-state index is 2.66. The fourth-order valence-corrected chi connectivity index (χ4v) is 15.2. The van der Waals surface area contributed by atoms with E-state index in [0.717, 1.165) is 29.2 Å². The fourth-order valence-electron chi connectivity index (χ4n) is 15.2. The summed E-state index contributed by atoms with van der Waals surface area (Å²) in [7, 11) is 0. The Morgan fingerprint density at radius 1 is 0.250 bits per heavy atom. The molecule has 0 bridgehead atoms. The summed E-state index contributed by atoms with van der Waals surface area (Å²) in [6.07, 6.45) is 5.79. The van der Waals surface area contributed by atoms with E-state index in [2.05, 4.69) is 313 Å². The van der Waals surface area contributed by atoms with E-state index < -0.39 is 0 Å². The summed E-state index contributed by atoms with van der Waals surface area (Å²) in [5.41, 5.74) is 20.2. The Labute approximate surface area is 481 Å². The molecule has 18 aromatic rings. The highest BCUT2D eigenvalue weighted by atomic mass is 15.1. The van der Waals surface area contributed by atoms with Gasteiger partial charge in [0.25, 0.3) is 0 Å². The first-order chi connectivity index (χ1) is 41.7. The largest absolute Gasteiger partial charge is 0.333 e. The first kappa shape index (κ1) is 45.6. The Morgan fingerprint density at radius 3 is 1.15 bits per heavy atom. The SMILES string of the molecule is C1=C(n2c3ccccc3c3ccccc32)C=C(n2c3ccccc3c3ccccc32)CC1n1c2ccccc2c2c3c(ccc21)c1ccccc1n3-c1cccc(-n2c3ccccc3c3c2ccc2c4ccccc4n(-c4ccccc4)c23)c1. The van der Waals surface area contributed by atoms with Gasteiger partial charge in [0.15, 0.2) is 0 Å². The molecule has 0 radical (unpaired) electrons. The van der Waals surface area contributed by atoms with Crippen molar-refractivity contribution in [2.75, 3.05) is 0 Å². The van der Waals surface area contributed by atoms with Gasteiger partial charge in [0.2, 0.25) is 0 Å². The standard InChI is InChI=1S/C78H50N6/c1-2-21-49(22-3-1)83-69-37-16-8-29-59(69)61-41-43-73-75(77(61)83)63-31-10-18-39-71(63)79(73)50-23-20-24-51(45-50)84-70-38-17-9-30-60(70)62-42-44-74-76(78(62)84)64-32-11-19-40-72(64)82(74)54-47-52(80-65-33-12-4-25-55(65)56-26-5-13-34-66(56)80)46-53(48-54)81-67-35-14-6-27-57(67)58-28-7-15-36-68(58)81/h1-47,54H,48H2. The third kappa shape index (κ3) is 6.18. The van der Waals surface area contributed by atoms with Crippen LogP contribution in [0.4, 0.5) is 0 Å². The van der Waals surface area contributed by atoms with E-state index in [1.54, 1.807) is 0 Å². The van der Waals surface area contributed by atoms with Gasteiger partial charge in [-0.3, -0.25) is 0 Å². The van der Waals surface area contributed by atoms with Crippen LogP contribution in [0, 0.1) is 0 Å². The Morgan fingerprint density at radius 2 is 0.619 bits per heavy atom. The number of rotatable bonds is 6. The summed E-state index contributed by atoms with van der Waals surface area (Å²) in [5, 5.41) is 14.9.